The monoisotopic (exact) mass is 454 g/mol. The van der Waals surface area contributed by atoms with E-state index in [9.17, 15) is 14.3 Å². The number of hydrogen-bond acceptors (Lipinski definition) is 4. The molecule has 0 atom stereocenters. The highest BCUT2D eigenvalue weighted by molar-refractivity contribution is 5.90. The van der Waals surface area contributed by atoms with Gasteiger partial charge in [-0.3, -0.25) is 4.90 Å². The number of nitrogens with zero attached hydrogens (tertiary/aromatic N) is 2. The highest BCUT2D eigenvalue weighted by Gasteiger charge is 2.25. The predicted octanol–water partition coefficient (Wildman–Crippen LogP) is 4.77. The van der Waals surface area contributed by atoms with Crippen molar-refractivity contribution in [1.82, 2.24) is 9.47 Å². The van der Waals surface area contributed by atoms with Gasteiger partial charge in [0.15, 0.2) is 0 Å². The van der Waals surface area contributed by atoms with E-state index >= 15 is 0 Å². The van der Waals surface area contributed by atoms with Crippen molar-refractivity contribution in [3.63, 3.8) is 0 Å². The Labute approximate surface area is 193 Å². The Morgan fingerprint density at radius 3 is 2.64 bits per heavy atom. The molecule has 0 amide bonds. The zero-order valence-electron chi connectivity index (χ0n) is 19.0. The van der Waals surface area contributed by atoms with E-state index in [2.05, 4.69) is 15.7 Å². The minimum atomic E-state index is -0.987. The van der Waals surface area contributed by atoms with E-state index in [-0.39, 0.29) is 11.4 Å². The second kappa shape index (κ2) is 10.8. The summed E-state index contributed by atoms with van der Waals surface area (Å²) in [6.45, 7) is 6.92. The molecule has 176 valence electrons. The molecule has 1 fully saturated rings. The van der Waals surface area contributed by atoms with Crippen LogP contribution in [0.25, 0.3) is 10.9 Å². The minimum Gasteiger partial charge on any atom is -0.491 e. The van der Waals surface area contributed by atoms with Crippen LogP contribution in [0, 0.1) is 5.82 Å². The van der Waals surface area contributed by atoms with Crippen molar-refractivity contribution in [3.8, 4) is 5.75 Å². The van der Waals surface area contributed by atoms with Crippen LogP contribution >= 0.6 is 0 Å². The average molecular weight is 455 g/mol. The Hall–Kier alpha value is -2.90. The van der Waals surface area contributed by atoms with Crippen LogP contribution in [0.15, 0.2) is 48.7 Å². The molecule has 2 aromatic carbocycles. The first kappa shape index (κ1) is 23.3. The molecule has 33 heavy (non-hydrogen) atoms. The highest BCUT2D eigenvalue weighted by Crippen LogP contribution is 2.35. The molecule has 1 aromatic heterocycles. The van der Waals surface area contributed by atoms with Gasteiger partial charge < -0.3 is 19.1 Å². The summed E-state index contributed by atoms with van der Waals surface area (Å²) in [7, 11) is 0. The van der Waals surface area contributed by atoms with Gasteiger partial charge in [-0.05, 0) is 68.6 Å². The van der Waals surface area contributed by atoms with Gasteiger partial charge in [-0.2, -0.15) is 0 Å². The number of halogens is 1. The molecule has 7 heteroatoms. The fourth-order valence-corrected chi connectivity index (χ4v) is 4.66. The van der Waals surface area contributed by atoms with Crippen molar-refractivity contribution >= 4 is 16.9 Å². The topological polar surface area (TPSA) is 63.9 Å². The number of piperidine rings is 1. The van der Waals surface area contributed by atoms with Gasteiger partial charge in [0.2, 0.25) is 0 Å². The minimum absolute atomic E-state index is 0.161. The van der Waals surface area contributed by atoms with Crippen molar-refractivity contribution in [2.45, 2.75) is 32.2 Å². The zero-order chi connectivity index (χ0) is 23.2. The van der Waals surface area contributed by atoms with E-state index in [1.165, 1.54) is 0 Å². The maximum absolute atomic E-state index is 14.8. The largest absolute Gasteiger partial charge is 0.491 e. The molecule has 2 heterocycles. The number of carboxylic acids is 1. The smallest absolute Gasteiger partial charge is 0.339 e. The number of aromatic nitrogens is 1. The zero-order valence-corrected chi connectivity index (χ0v) is 19.0. The van der Waals surface area contributed by atoms with E-state index in [1.54, 1.807) is 36.4 Å². The van der Waals surface area contributed by atoms with Gasteiger partial charge in [0.25, 0.3) is 0 Å². The predicted molar refractivity (Wildman–Crippen MR) is 126 cm³/mol. The van der Waals surface area contributed by atoms with E-state index in [4.69, 9.17) is 9.47 Å². The van der Waals surface area contributed by atoms with Crippen LogP contribution in [0.3, 0.4) is 0 Å². The molecule has 6 nitrogen and oxygen atoms in total. The lowest BCUT2D eigenvalue weighted by atomic mass is 9.89. The Kier molecular flexibility index (Phi) is 7.62. The number of rotatable bonds is 10. The first-order valence-electron chi connectivity index (χ1n) is 11.6. The second-order valence-electron chi connectivity index (χ2n) is 8.37. The summed E-state index contributed by atoms with van der Waals surface area (Å²) in [6.07, 6.45) is 4.01. The molecule has 0 bridgehead atoms. The van der Waals surface area contributed by atoms with Crippen LogP contribution in [0.2, 0.25) is 0 Å². The molecule has 1 aliphatic heterocycles. The number of aromatic carboxylic acids is 1. The van der Waals surface area contributed by atoms with E-state index in [1.807, 2.05) is 13.0 Å². The van der Waals surface area contributed by atoms with Crippen molar-refractivity contribution < 1.29 is 23.8 Å². The lowest BCUT2D eigenvalue weighted by Gasteiger charge is -2.31. The van der Waals surface area contributed by atoms with Gasteiger partial charge in [-0.1, -0.05) is 18.2 Å². The maximum Gasteiger partial charge on any atom is 0.339 e. The summed E-state index contributed by atoms with van der Waals surface area (Å²) in [6, 6.07) is 12.0. The van der Waals surface area contributed by atoms with Gasteiger partial charge in [-0.15, -0.1) is 0 Å². The average Bonchev–Trinajstić information content (AvgIpc) is 3.20. The third kappa shape index (κ3) is 5.37. The molecule has 0 spiro atoms. The number of benzene rings is 2. The number of likely N-dealkylation sites (tertiary alicyclic amines) is 1. The molecule has 0 aliphatic carbocycles. The Balaban J connectivity index is 1.37. The number of hydrogen-bond donors (Lipinski definition) is 1. The fraction of sp³-hybridized carbons (Fsp3) is 0.423. The number of carboxylic acid groups (broad SMARTS) is 1. The molecule has 4 rings (SSSR count). The molecular weight excluding hydrogens is 423 g/mol. The third-order valence-corrected chi connectivity index (χ3v) is 6.38. The summed E-state index contributed by atoms with van der Waals surface area (Å²) >= 11 is 0. The first-order chi connectivity index (χ1) is 16.1. The van der Waals surface area contributed by atoms with E-state index in [0.717, 1.165) is 48.9 Å². The second-order valence-corrected chi connectivity index (χ2v) is 8.37. The van der Waals surface area contributed by atoms with Crippen molar-refractivity contribution in [3.05, 3.63) is 65.6 Å². The molecule has 1 aliphatic rings. The normalized spacial score (nSPS) is 15.2. The quantitative estimate of drug-likeness (QED) is 0.447. The van der Waals surface area contributed by atoms with Crippen LogP contribution in [-0.2, 0) is 11.3 Å². The molecular formula is C26H31FN2O4. The number of para-hydroxylation sites is 1. The number of ether oxygens (including phenoxy) is 2. The van der Waals surface area contributed by atoms with Crippen molar-refractivity contribution in [2.24, 2.45) is 0 Å². The molecule has 0 unspecified atom stereocenters. The summed E-state index contributed by atoms with van der Waals surface area (Å²) in [5.74, 6) is -0.442. The lowest BCUT2D eigenvalue weighted by molar-refractivity contribution is 0.0691. The van der Waals surface area contributed by atoms with Crippen molar-refractivity contribution in [2.75, 3.05) is 39.5 Å². The van der Waals surface area contributed by atoms with Gasteiger partial charge in [0.05, 0.1) is 12.1 Å². The maximum atomic E-state index is 14.8. The van der Waals surface area contributed by atoms with Crippen LogP contribution < -0.4 is 4.74 Å². The van der Waals surface area contributed by atoms with E-state index in [0.29, 0.717) is 38.0 Å². The molecule has 1 saturated heterocycles. The lowest BCUT2D eigenvalue weighted by Crippen LogP contribution is -2.36. The van der Waals surface area contributed by atoms with Crippen LogP contribution in [-0.4, -0.2) is 60.0 Å². The van der Waals surface area contributed by atoms with Gasteiger partial charge >= 0.3 is 5.97 Å². The standard InChI is InChI=1S/C26H31FN2O4/c1-2-32-16-15-29-18-21(25-22(27)7-5-8-23(25)29)19-10-12-28(13-11-19)14-17-33-24-9-4-3-6-20(24)26(30)31/h3-9,18-19H,2,10-17H2,1H3,(H,30,31). The molecule has 0 saturated carbocycles. The van der Waals surface area contributed by atoms with Gasteiger partial charge in [0, 0.05) is 31.3 Å². The summed E-state index contributed by atoms with van der Waals surface area (Å²) < 4.78 is 28.2. The van der Waals surface area contributed by atoms with Gasteiger partial charge in [-0.25, -0.2) is 9.18 Å². The Bertz CT molecular complexity index is 1090. The van der Waals surface area contributed by atoms with E-state index < -0.39 is 5.97 Å². The SMILES string of the molecule is CCOCCn1cc(C2CCN(CCOc3ccccc3C(=O)O)CC2)c2c(F)cccc21. The number of carbonyl (C=O) groups is 1. The van der Waals surface area contributed by atoms with Crippen LogP contribution in [0.4, 0.5) is 4.39 Å². The summed E-state index contributed by atoms with van der Waals surface area (Å²) in [5.41, 5.74) is 2.20. The molecule has 0 radical (unpaired) electrons. The van der Waals surface area contributed by atoms with Crippen LogP contribution in [0.5, 0.6) is 5.75 Å². The Morgan fingerprint density at radius 1 is 1.09 bits per heavy atom. The van der Waals surface area contributed by atoms with Crippen LogP contribution in [0.1, 0.15) is 41.6 Å². The molecule has 1 N–H and O–H groups in total. The number of fused-ring (bicyclic) bond motifs is 1. The first-order valence-corrected chi connectivity index (χ1v) is 11.6. The Morgan fingerprint density at radius 2 is 1.88 bits per heavy atom. The fourth-order valence-electron chi connectivity index (χ4n) is 4.66. The van der Waals surface area contributed by atoms with Crippen molar-refractivity contribution in [1.29, 1.82) is 0 Å². The summed E-state index contributed by atoms with van der Waals surface area (Å²) in [5, 5.41) is 10.0. The third-order valence-electron chi connectivity index (χ3n) is 6.38. The molecule has 3 aromatic rings. The van der Waals surface area contributed by atoms with Gasteiger partial charge in [0.1, 0.15) is 23.7 Å². The summed E-state index contributed by atoms with van der Waals surface area (Å²) in [4.78, 5) is 13.6. The highest BCUT2D eigenvalue weighted by atomic mass is 19.1.